The summed E-state index contributed by atoms with van der Waals surface area (Å²) in [4.78, 5) is 3.05. The van der Waals surface area contributed by atoms with Gasteiger partial charge in [-0.3, -0.25) is 0 Å². The lowest BCUT2D eigenvalue weighted by molar-refractivity contribution is 1.42. The van der Waals surface area contributed by atoms with Crippen LogP contribution in [0.2, 0.25) is 0 Å². The summed E-state index contributed by atoms with van der Waals surface area (Å²) >= 11 is 0. The zero-order valence-electron chi connectivity index (χ0n) is 5.89. The van der Waals surface area contributed by atoms with Gasteiger partial charge in [-0.1, -0.05) is 18.2 Å². The maximum atomic E-state index is 6.89. The molecule has 0 atom stereocenters. The van der Waals surface area contributed by atoms with E-state index in [-0.39, 0.29) is 0 Å². The van der Waals surface area contributed by atoms with Gasteiger partial charge < -0.3 is 4.98 Å². The molecule has 1 nitrogen and oxygen atoms in total. The van der Waals surface area contributed by atoms with E-state index in [9.17, 15) is 0 Å². The van der Waals surface area contributed by atoms with Crippen molar-refractivity contribution >= 4 is 10.9 Å². The Kier molecular flexibility index (Phi) is 1.20. The zero-order chi connectivity index (χ0) is 7.68. The molecule has 0 aliphatic heterocycles. The molecule has 2 rings (SSSR count). The van der Waals surface area contributed by atoms with Crippen molar-refractivity contribution in [1.82, 2.24) is 4.98 Å². The molecule has 2 aromatic rings. The summed E-state index contributed by atoms with van der Waals surface area (Å²) in [5.74, 6) is 2.31. The van der Waals surface area contributed by atoms with Crippen LogP contribution in [0.25, 0.3) is 10.9 Å². The van der Waals surface area contributed by atoms with E-state index in [0.717, 1.165) is 16.6 Å². The molecule has 0 fully saturated rings. The highest BCUT2D eigenvalue weighted by atomic mass is 14.7. The predicted molar refractivity (Wildman–Crippen MR) is 44.5 cm³/mol. The number of benzene rings is 1. The van der Waals surface area contributed by atoms with Crippen LogP contribution in [0.15, 0.2) is 30.3 Å². The van der Waals surface area contributed by atoms with Crippen molar-refractivity contribution in [2.24, 2.45) is 0 Å². The standard InChI is InChI=1S/C10H6N/c1-2-9-7-8-5-3-4-6-10(8)11-9/h3-7,11H. The van der Waals surface area contributed by atoms with E-state index in [1.807, 2.05) is 30.3 Å². The SMILES string of the molecule is [C]#Cc1cc2ccccc2[nH]1. The first-order valence-electron chi connectivity index (χ1n) is 3.40. The summed E-state index contributed by atoms with van der Waals surface area (Å²) < 4.78 is 0. The number of hydrogen-bond acceptors (Lipinski definition) is 0. The van der Waals surface area contributed by atoms with Gasteiger partial charge in [0.2, 0.25) is 0 Å². The fourth-order valence-corrected chi connectivity index (χ4v) is 1.14. The molecule has 1 aromatic carbocycles. The van der Waals surface area contributed by atoms with Crippen LogP contribution in [0.1, 0.15) is 5.69 Å². The third kappa shape index (κ3) is 0.890. The maximum absolute atomic E-state index is 6.89. The highest BCUT2D eigenvalue weighted by Gasteiger charge is 1.94. The highest BCUT2D eigenvalue weighted by Crippen LogP contribution is 2.13. The molecule has 1 heteroatoms. The monoisotopic (exact) mass is 140 g/mol. The summed E-state index contributed by atoms with van der Waals surface area (Å²) in [6, 6.07) is 9.83. The minimum absolute atomic E-state index is 0.728. The fraction of sp³-hybridized carbons (Fsp3) is 0. The first-order valence-corrected chi connectivity index (χ1v) is 3.40. The Balaban J connectivity index is 2.81. The van der Waals surface area contributed by atoms with E-state index in [1.54, 1.807) is 0 Å². The molecule has 11 heavy (non-hydrogen) atoms. The van der Waals surface area contributed by atoms with Crippen LogP contribution in [0.3, 0.4) is 0 Å². The highest BCUT2D eigenvalue weighted by molar-refractivity contribution is 5.81. The Morgan fingerprint density at radius 2 is 2.09 bits per heavy atom. The summed E-state index contributed by atoms with van der Waals surface area (Å²) in [6.45, 7) is 0. The van der Waals surface area contributed by atoms with Crippen LogP contribution in [-0.2, 0) is 0 Å². The molecule has 0 bridgehead atoms. The van der Waals surface area contributed by atoms with E-state index in [0.29, 0.717) is 0 Å². The number of H-pyrrole nitrogens is 1. The number of fused-ring (bicyclic) bond motifs is 1. The molecule has 1 aromatic heterocycles. The molecular formula is C10H6N. The molecule has 0 unspecified atom stereocenters. The van der Waals surface area contributed by atoms with Crippen molar-refractivity contribution in [3.8, 4) is 5.92 Å². The Bertz CT molecular complexity index is 385. The summed E-state index contributed by atoms with van der Waals surface area (Å²) in [5.41, 5.74) is 1.79. The summed E-state index contributed by atoms with van der Waals surface area (Å²) in [7, 11) is 0. The molecule has 1 radical (unpaired) electrons. The van der Waals surface area contributed by atoms with Crippen molar-refractivity contribution in [2.75, 3.05) is 0 Å². The Morgan fingerprint density at radius 1 is 1.27 bits per heavy atom. The van der Waals surface area contributed by atoms with Gasteiger partial charge in [0.25, 0.3) is 0 Å². The first-order chi connectivity index (χ1) is 5.40. The Hall–Kier alpha value is -1.68. The summed E-state index contributed by atoms with van der Waals surface area (Å²) in [6.07, 6.45) is 6.89. The largest absolute Gasteiger partial charge is 0.348 e. The van der Waals surface area contributed by atoms with Gasteiger partial charge in [-0.05, 0) is 24.5 Å². The van der Waals surface area contributed by atoms with E-state index in [1.165, 1.54) is 0 Å². The van der Waals surface area contributed by atoms with Gasteiger partial charge in [0.1, 0.15) is 0 Å². The zero-order valence-corrected chi connectivity index (χ0v) is 5.89. The lowest BCUT2D eigenvalue weighted by Gasteiger charge is -1.83. The van der Waals surface area contributed by atoms with Crippen LogP contribution in [0.4, 0.5) is 0 Å². The van der Waals surface area contributed by atoms with E-state index < -0.39 is 0 Å². The number of para-hydroxylation sites is 1. The second kappa shape index (κ2) is 2.17. The average molecular weight is 140 g/mol. The van der Waals surface area contributed by atoms with Crippen LogP contribution in [-0.4, -0.2) is 4.98 Å². The second-order valence-corrected chi connectivity index (χ2v) is 2.40. The lowest BCUT2D eigenvalue weighted by Crippen LogP contribution is -1.67. The van der Waals surface area contributed by atoms with E-state index >= 15 is 0 Å². The molecule has 0 aliphatic rings. The minimum Gasteiger partial charge on any atom is -0.348 e. The van der Waals surface area contributed by atoms with Gasteiger partial charge in [0.15, 0.2) is 0 Å². The van der Waals surface area contributed by atoms with Gasteiger partial charge >= 0.3 is 0 Å². The topological polar surface area (TPSA) is 15.8 Å². The van der Waals surface area contributed by atoms with Crippen LogP contribution in [0, 0.1) is 12.3 Å². The van der Waals surface area contributed by atoms with Gasteiger partial charge in [0, 0.05) is 10.9 Å². The Labute approximate surface area is 65.1 Å². The van der Waals surface area contributed by atoms with Gasteiger partial charge in [-0.2, -0.15) is 0 Å². The number of nitrogens with one attached hydrogen (secondary N) is 1. The smallest absolute Gasteiger partial charge is 0.0914 e. The van der Waals surface area contributed by atoms with Crippen LogP contribution < -0.4 is 0 Å². The lowest BCUT2D eigenvalue weighted by atomic mass is 10.2. The van der Waals surface area contributed by atoms with Gasteiger partial charge in [-0.25, -0.2) is 0 Å². The van der Waals surface area contributed by atoms with E-state index in [2.05, 4.69) is 10.9 Å². The molecular weight excluding hydrogens is 134 g/mol. The molecule has 1 heterocycles. The molecule has 0 aliphatic carbocycles. The predicted octanol–water partition coefficient (Wildman–Crippen LogP) is 2.11. The van der Waals surface area contributed by atoms with Crippen molar-refractivity contribution in [3.63, 3.8) is 0 Å². The van der Waals surface area contributed by atoms with Crippen molar-refractivity contribution < 1.29 is 0 Å². The van der Waals surface area contributed by atoms with Gasteiger partial charge in [0.05, 0.1) is 5.69 Å². The number of rotatable bonds is 0. The van der Waals surface area contributed by atoms with Crippen LogP contribution >= 0.6 is 0 Å². The van der Waals surface area contributed by atoms with Gasteiger partial charge in [-0.15, -0.1) is 0 Å². The molecule has 0 saturated carbocycles. The molecule has 0 spiro atoms. The number of aromatic amines is 1. The van der Waals surface area contributed by atoms with Crippen LogP contribution in [0.5, 0.6) is 0 Å². The fourth-order valence-electron chi connectivity index (χ4n) is 1.14. The molecule has 0 amide bonds. The normalized spacial score (nSPS) is 9.73. The average Bonchev–Trinajstić information content (AvgIpc) is 2.46. The van der Waals surface area contributed by atoms with Crippen molar-refractivity contribution in [1.29, 1.82) is 0 Å². The molecule has 1 N–H and O–H groups in total. The van der Waals surface area contributed by atoms with E-state index in [4.69, 9.17) is 6.42 Å². The van der Waals surface area contributed by atoms with Crippen molar-refractivity contribution in [2.45, 2.75) is 0 Å². The quantitative estimate of drug-likeness (QED) is 0.539. The molecule has 0 saturated heterocycles. The molecule has 51 valence electrons. The minimum atomic E-state index is 0.728. The Morgan fingerprint density at radius 3 is 2.82 bits per heavy atom. The maximum Gasteiger partial charge on any atom is 0.0914 e. The third-order valence-electron chi connectivity index (χ3n) is 1.66. The third-order valence-corrected chi connectivity index (χ3v) is 1.66. The summed E-state index contributed by atoms with van der Waals surface area (Å²) in [5, 5.41) is 1.13. The first kappa shape index (κ1) is 6.06. The number of hydrogen-bond donors (Lipinski definition) is 1. The van der Waals surface area contributed by atoms with Crippen molar-refractivity contribution in [3.05, 3.63) is 42.4 Å². The second-order valence-electron chi connectivity index (χ2n) is 2.40. The number of aromatic nitrogens is 1.